The van der Waals surface area contributed by atoms with Crippen molar-refractivity contribution < 1.29 is 9.59 Å². The lowest BCUT2D eigenvalue weighted by molar-refractivity contribution is -0.124. The highest BCUT2D eigenvalue weighted by Crippen LogP contribution is 2.21. The number of hydrogen-bond acceptors (Lipinski definition) is 4. The zero-order valence-electron chi connectivity index (χ0n) is 12.0. The van der Waals surface area contributed by atoms with E-state index in [0.717, 1.165) is 11.4 Å². The third-order valence-corrected chi connectivity index (χ3v) is 4.41. The van der Waals surface area contributed by atoms with E-state index in [1.165, 1.54) is 18.4 Å². The summed E-state index contributed by atoms with van der Waals surface area (Å²) in [7, 11) is 0. The third kappa shape index (κ3) is 4.72. The molecule has 0 aromatic carbocycles. The van der Waals surface area contributed by atoms with Gasteiger partial charge < -0.3 is 5.32 Å². The Morgan fingerprint density at radius 3 is 2.85 bits per heavy atom. The largest absolute Gasteiger partial charge is 0.317 e. The van der Waals surface area contributed by atoms with Gasteiger partial charge in [-0.05, 0) is 29.9 Å². The SMILES string of the molecule is CCCCc1csc(NC(=O)CN2CCC(=O)CC2)c1. The van der Waals surface area contributed by atoms with E-state index in [1.807, 2.05) is 4.90 Å². The Kier molecular flexibility index (Phi) is 5.73. The van der Waals surface area contributed by atoms with Gasteiger partial charge in [0.15, 0.2) is 0 Å². The molecule has 1 aliphatic heterocycles. The topological polar surface area (TPSA) is 49.4 Å². The zero-order chi connectivity index (χ0) is 14.4. The minimum Gasteiger partial charge on any atom is -0.317 e. The van der Waals surface area contributed by atoms with Gasteiger partial charge in [-0.1, -0.05) is 13.3 Å². The lowest BCUT2D eigenvalue weighted by atomic mass is 10.1. The molecule has 0 atom stereocenters. The van der Waals surface area contributed by atoms with E-state index in [1.54, 1.807) is 11.3 Å². The quantitative estimate of drug-likeness (QED) is 0.877. The van der Waals surface area contributed by atoms with Crippen molar-refractivity contribution in [2.24, 2.45) is 0 Å². The Morgan fingerprint density at radius 1 is 1.40 bits per heavy atom. The average molecular weight is 294 g/mol. The summed E-state index contributed by atoms with van der Waals surface area (Å²) in [6.45, 7) is 3.98. The van der Waals surface area contributed by atoms with Crippen LogP contribution in [0.3, 0.4) is 0 Å². The predicted molar refractivity (Wildman–Crippen MR) is 82.2 cm³/mol. The Hall–Kier alpha value is -1.20. The molecule has 0 bridgehead atoms. The number of carbonyl (C=O) groups is 2. The molecule has 1 amide bonds. The molecule has 1 aromatic rings. The summed E-state index contributed by atoms with van der Waals surface area (Å²) in [6.07, 6.45) is 4.61. The number of Topliss-reactive ketones (excluding diaryl/α,β-unsaturated/α-hetero) is 1. The van der Waals surface area contributed by atoms with Gasteiger partial charge in [0.25, 0.3) is 0 Å². The molecule has 1 saturated heterocycles. The van der Waals surface area contributed by atoms with Gasteiger partial charge in [-0.3, -0.25) is 14.5 Å². The first-order valence-corrected chi connectivity index (χ1v) is 8.16. The number of nitrogens with one attached hydrogen (secondary N) is 1. The number of unbranched alkanes of at least 4 members (excludes halogenated alkanes) is 1. The van der Waals surface area contributed by atoms with Gasteiger partial charge in [-0.15, -0.1) is 11.3 Å². The molecule has 110 valence electrons. The second kappa shape index (κ2) is 7.55. The Labute approximate surface area is 124 Å². The minimum atomic E-state index is 0.0169. The van der Waals surface area contributed by atoms with Crippen LogP contribution in [0.15, 0.2) is 11.4 Å². The molecule has 4 nitrogen and oxygen atoms in total. The first-order chi connectivity index (χ1) is 9.67. The Morgan fingerprint density at radius 2 is 2.15 bits per heavy atom. The van der Waals surface area contributed by atoms with Crippen molar-refractivity contribution in [2.75, 3.05) is 25.0 Å². The maximum Gasteiger partial charge on any atom is 0.239 e. The van der Waals surface area contributed by atoms with Gasteiger partial charge in [0.1, 0.15) is 5.78 Å². The third-order valence-electron chi connectivity index (χ3n) is 3.52. The number of aryl methyl sites for hydroxylation is 1. The molecule has 2 rings (SSSR count). The number of piperidine rings is 1. The number of anilines is 1. The number of amides is 1. The number of hydrogen-bond donors (Lipinski definition) is 1. The summed E-state index contributed by atoms with van der Waals surface area (Å²) in [5.41, 5.74) is 1.30. The van der Waals surface area contributed by atoms with Crippen molar-refractivity contribution >= 4 is 28.0 Å². The first-order valence-electron chi connectivity index (χ1n) is 7.28. The summed E-state index contributed by atoms with van der Waals surface area (Å²) in [4.78, 5) is 25.1. The van der Waals surface area contributed by atoms with Crippen LogP contribution in [0.4, 0.5) is 5.00 Å². The number of rotatable bonds is 6. The second-order valence-corrected chi connectivity index (χ2v) is 6.20. The fraction of sp³-hybridized carbons (Fsp3) is 0.600. The van der Waals surface area contributed by atoms with Crippen LogP contribution >= 0.6 is 11.3 Å². The van der Waals surface area contributed by atoms with Gasteiger partial charge in [0.05, 0.1) is 11.5 Å². The van der Waals surface area contributed by atoms with E-state index in [9.17, 15) is 9.59 Å². The highest BCUT2D eigenvalue weighted by molar-refractivity contribution is 7.14. The molecule has 1 N–H and O–H groups in total. The molecule has 1 fully saturated rings. The molecule has 0 radical (unpaired) electrons. The highest BCUT2D eigenvalue weighted by atomic mass is 32.1. The maximum absolute atomic E-state index is 12.0. The van der Waals surface area contributed by atoms with Crippen LogP contribution in [0, 0.1) is 0 Å². The molecule has 0 unspecified atom stereocenters. The number of nitrogens with zero attached hydrogens (tertiary/aromatic N) is 1. The zero-order valence-corrected chi connectivity index (χ0v) is 12.8. The van der Waals surface area contributed by atoms with Gasteiger partial charge in [-0.25, -0.2) is 0 Å². The van der Waals surface area contributed by atoms with Crippen LogP contribution in [0.1, 0.15) is 38.2 Å². The van der Waals surface area contributed by atoms with Crippen LogP contribution in [0.5, 0.6) is 0 Å². The second-order valence-electron chi connectivity index (χ2n) is 5.29. The van der Waals surface area contributed by atoms with Crippen LogP contribution in [0.25, 0.3) is 0 Å². The van der Waals surface area contributed by atoms with Crippen LogP contribution in [0.2, 0.25) is 0 Å². The molecule has 5 heteroatoms. The Balaban J connectivity index is 1.76. The van der Waals surface area contributed by atoms with Crippen molar-refractivity contribution in [3.63, 3.8) is 0 Å². The molecule has 1 aliphatic rings. The molecular weight excluding hydrogens is 272 g/mol. The van der Waals surface area contributed by atoms with E-state index in [-0.39, 0.29) is 5.91 Å². The monoisotopic (exact) mass is 294 g/mol. The fourth-order valence-corrected chi connectivity index (χ4v) is 3.15. The summed E-state index contributed by atoms with van der Waals surface area (Å²) in [5.74, 6) is 0.323. The average Bonchev–Trinajstić information content (AvgIpc) is 2.86. The summed E-state index contributed by atoms with van der Waals surface area (Å²) in [6, 6.07) is 2.07. The van der Waals surface area contributed by atoms with E-state index in [4.69, 9.17) is 0 Å². The number of ketones is 1. The van der Waals surface area contributed by atoms with E-state index in [0.29, 0.717) is 38.3 Å². The van der Waals surface area contributed by atoms with Crippen molar-refractivity contribution in [2.45, 2.75) is 39.0 Å². The van der Waals surface area contributed by atoms with Crippen molar-refractivity contribution in [3.8, 4) is 0 Å². The molecular formula is C15H22N2O2S. The van der Waals surface area contributed by atoms with E-state index >= 15 is 0 Å². The van der Waals surface area contributed by atoms with Crippen LogP contribution < -0.4 is 5.32 Å². The molecule has 1 aromatic heterocycles. The van der Waals surface area contributed by atoms with Gasteiger partial charge >= 0.3 is 0 Å². The summed E-state index contributed by atoms with van der Waals surface area (Å²) < 4.78 is 0. The Bertz CT molecular complexity index is 460. The molecule has 20 heavy (non-hydrogen) atoms. The lowest BCUT2D eigenvalue weighted by Crippen LogP contribution is -2.39. The van der Waals surface area contributed by atoms with Crippen molar-refractivity contribution in [1.29, 1.82) is 0 Å². The smallest absolute Gasteiger partial charge is 0.239 e. The molecule has 0 saturated carbocycles. The standard InChI is InChI=1S/C15H22N2O2S/c1-2-3-4-12-9-15(20-11-12)16-14(19)10-17-7-5-13(18)6-8-17/h9,11H,2-8,10H2,1H3,(H,16,19). The molecule has 0 aliphatic carbocycles. The maximum atomic E-state index is 12.0. The van der Waals surface area contributed by atoms with Crippen LogP contribution in [-0.4, -0.2) is 36.2 Å². The van der Waals surface area contributed by atoms with Crippen molar-refractivity contribution in [1.82, 2.24) is 4.90 Å². The first kappa shape index (κ1) is 15.2. The summed E-state index contributed by atoms with van der Waals surface area (Å²) in [5, 5.41) is 5.99. The van der Waals surface area contributed by atoms with E-state index < -0.39 is 0 Å². The van der Waals surface area contributed by atoms with Gasteiger partial charge in [0, 0.05) is 25.9 Å². The normalized spacial score (nSPS) is 16.4. The van der Waals surface area contributed by atoms with E-state index in [2.05, 4.69) is 23.7 Å². The minimum absolute atomic E-state index is 0.0169. The highest BCUT2D eigenvalue weighted by Gasteiger charge is 2.18. The summed E-state index contributed by atoms with van der Waals surface area (Å²) >= 11 is 1.59. The fourth-order valence-electron chi connectivity index (χ4n) is 2.29. The van der Waals surface area contributed by atoms with Crippen LogP contribution in [-0.2, 0) is 16.0 Å². The lowest BCUT2D eigenvalue weighted by Gasteiger charge is -2.24. The number of thiophene rings is 1. The van der Waals surface area contributed by atoms with Gasteiger partial charge in [-0.2, -0.15) is 0 Å². The molecule has 2 heterocycles. The van der Waals surface area contributed by atoms with Crippen molar-refractivity contribution in [3.05, 3.63) is 17.0 Å². The molecule has 0 spiro atoms. The van der Waals surface area contributed by atoms with Gasteiger partial charge in [0.2, 0.25) is 5.91 Å². The number of likely N-dealkylation sites (tertiary alicyclic amines) is 1. The predicted octanol–water partition coefficient (Wildman–Crippen LogP) is 2.69. The number of carbonyl (C=O) groups excluding carboxylic acids is 2.